The molecule has 0 spiro atoms. The van der Waals surface area contributed by atoms with E-state index in [0.29, 0.717) is 27.4 Å². The first-order valence-corrected chi connectivity index (χ1v) is 9.69. The molecule has 3 rings (SSSR count). The third-order valence-electron chi connectivity index (χ3n) is 3.22. The Morgan fingerprint density at radius 1 is 1.13 bits per heavy atom. The molecule has 1 aliphatic heterocycles. The van der Waals surface area contributed by atoms with Crippen LogP contribution in [0.3, 0.4) is 0 Å². The van der Waals surface area contributed by atoms with Crippen LogP contribution in [0, 0.1) is 0 Å². The number of nitrogens with zero attached hydrogens (tertiary/aromatic N) is 1. The second-order valence-electron chi connectivity index (χ2n) is 4.83. The fourth-order valence-electron chi connectivity index (χ4n) is 2.12. The summed E-state index contributed by atoms with van der Waals surface area (Å²) in [5.74, 6) is 1.60. The fraction of sp³-hybridized carbons (Fsp3) is 0.188. The molecule has 2 aromatic carbocycles. The second-order valence-corrected chi connectivity index (χ2v) is 8.02. The zero-order chi connectivity index (χ0) is 16.4. The molecule has 2 aromatic rings. The lowest BCUT2D eigenvalue weighted by Gasteiger charge is -2.13. The molecule has 0 unspecified atom stereocenters. The van der Waals surface area contributed by atoms with Crippen molar-refractivity contribution in [2.45, 2.75) is 6.61 Å². The van der Waals surface area contributed by atoms with Crippen LogP contribution < -0.4 is 4.74 Å². The first-order valence-electron chi connectivity index (χ1n) is 6.78. The van der Waals surface area contributed by atoms with Crippen molar-refractivity contribution in [3.8, 4) is 5.75 Å². The van der Waals surface area contributed by atoms with E-state index >= 15 is 0 Å². The Labute approximate surface area is 162 Å². The lowest BCUT2D eigenvalue weighted by molar-refractivity contribution is 0.304. The number of aliphatic imine (C=N–C) groups is 1. The van der Waals surface area contributed by atoms with Crippen LogP contribution in [0.15, 0.2) is 39.8 Å². The Kier molecular flexibility index (Phi) is 5.81. The van der Waals surface area contributed by atoms with Crippen molar-refractivity contribution in [1.82, 2.24) is 0 Å². The Morgan fingerprint density at radius 3 is 2.61 bits per heavy atom. The van der Waals surface area contributed by atoms with Crippen LogP contribution in [0.25, 0.3) is 0 Å². The molecular formula is C16H11BrCl3NOS. The highest BCUT2D eigenvalue weighted by molar-refractivity contribution is 9.10. The van der Waals surface area contributed by atoms with Gasteiger partial charge in [-0.05, 0) is 40.2 Å². The van der Waals surface area contributed by atoms with E-state index in [1.807, 2.05) is 18.2 Å². The van der Waals surface area contributed by atoms with Crippen molar-refractivity contribution in [3.05, 3.63) is 61.0 Å². The van der Waals surface area contributed by atoms with E-state index in [1.54, 1.807) is 23.9 Å². The Hall–Kier alpha value is -0.390. The van der Waals surface area contributed by atoms with Gasteiger partial charge in [-0.1, -0.05) is 40.9 Å². The van der Waals surface area contributed by atoms with Crippen molar-refractivity contribution in [2.75, 3.05) is 12.3 Å². The predicted octanol–water partition coefficient (Wildman–Crippen LogP) is 6.48. The molecule has 1 aliphatic rings. The van der Waals surface area contributed by atoms with Crippen LogP contribution in [-0.4, -0.2) is 17.3 Å². The lowest BCUT2D eigenvalue weighted by Crippen LogP contribution is -2.00. The maximum atomic E-state index is 6.37. The minimum absolute atomic E-state index is 0.309. The molecule has 0 atom stereocenters. The lowest BCUT2D eigenvalue weighted by atomic mass is 10.2. The molecule has 0 N–H and O–H groups in total. The summed E-state index contributed by atoms with van der Waals surface area (Å²) in [5.41, 5.74) is 1.85. The third-order valence-corrected chi connectivity index (χ3v) is 5.70. The molecule has 0 amide bonds. The summed E-state index contributed by atoms with van der Waals surface area (Å²) in [6.45, 7) is 1.16. The average Bonchev–Trinajstić information content (AvgIpc) is 3.02. The van der Waals surface area contributed by atoms with Crippen molar-refractivity contribution in [3.63, 3.8) is 0 Å². The van der Waals surface area contributed by atoms with Gasteiger partial charge in [-0.3, -0.25) is 4.99 Å². The summed E-state index contributed by atoms with van der Waals surface area (Å²) in [4.78, 5) is 4.46. The van der Waals surface area contributed by atoms with E-state index in [0.717, 1.165) is 32.9 Å². The largest absolute Gasteiger partial charge is 0.486 e. The van der Waals surface area contributed by atoms with Gasteiger partial charge in [0, 0.05) is 33.5 Å². The van der Waals surface area contributed by atoms with Crippen molar-refractivity contribution in [2.24, 2.45) is 4.99 Å². The van der Waals surface area contributed by atoms with E-state index < -0.39 is 0 Å². The molecule has 0 fully saturated rings. The van der Waals surface area contributed by atoms with E-state index in [4.69, 9.17) is 39.5 Å². The van der Waals surface area contributed by atoms with Gasteiger partial charge >= 0.3 is 0 Å². The van der Waals surface area contributed by atoms with E-state index in [2.05, 4.69) is 20.9 Å². The van der Waals surface area contributed by atoms with Crippen LogP contribution in [0.1, 0.15) is 11.1 Å². The number of thioether (sulfide) groups is 1. The standard InChI is InChI=1S/C16H11BrCl3NOS/c17-12-5-10(16-21-3-4-23-16)6-14(20)15(12)22-8-9-1-2-11(18)7-13(9)19/h1-2,5-7H,3-4,8H2. The average molecular weight is 452 g/mol. The van der Waals surface area contributed by atoms with Crippen LogP contribution in [0.4, 0.5) is 0 Å². The van der Waals surface area contributed by atoms with Crippen LogP contribution in [0.5, 0.6) is 5.75 Å². The molecule has 0 aromatic heterocycles. The maximum absolute atomic E-state index is 6.37. The maximum Gasteiger partial charge on any atom is 0.152 e. The SMILES string of the molecule is Clc1ccc(COc2c(Cl)cc(C3=NCCS3)cc2Br)c(Cl)c1. The summed E-state index contributed by atoms with van der Waals surface area (Å²) in [6, 6.07) is 9.16. The molecule has 120 valence electrons. The van der Waals surface area contributed by atoms with Gasteiger partial charge in [0.2, 0.25) is 0 Å². The molecule has 0 saturated carbocycles. The van der Waals surface area contributed by atoms with Crippen LogP contribution in [-0.2, 0) is 6.61 Å². The van der Waals surface area contributed by atoms with Gasteiger partial charge in [0.05, 0.1) is 14.5 Å². The second kappa shape index (κ2) is 7.66. The van der Waals surface area contributed by atoms with Gasteiger partial charge in [0.15, 0.2) is 5.75 Å². The van der Waals surface area contributed by atoms with Gasteiger partial charge in [0.25, 0.3) is 0 Å². The molecule has 23 heavy (non-hydrogen) atoms. The first-order chi connectivity index (χ1) is 11.0. The molecular weight excluding hydrogens is 441 g/mol. The first kappa shape index (κ1) is 17.4. The highest BCUT2D eigenvalue weighted by Crippen LogP contribution is 2.37. The van der Waals surface area contributed by atoms with E-state index in [-0.39, 0.29) is 0 Å². The highest BCUT2D eigenvalue weighted by atomic mass is 79.9. The topological polar surface area (TPSA) is 21.6 Å². The molecule has 0 saturated heterocycles. The quantitative estimate of drug-likeness (QED) is 0.530. The molecule has 0 aliphatic carbocycles. The number of hydrogen-bond acceptors (Lipinski definition) is 3. The van der Waals surface area contributed by atoms with Gasteiger partial charge in [-0.2, -0.15) is 0 Å². The number of rotatable bonds is 4. The normalized spacial score (nSPS) is 14.0. The molecule has 7 heteroatoms. The zero-order valence-electron chi connectivity index (χ0n) is 11.8. The molecule has 1 heterocycles. The summed E-state index contributed by atoms with van der Waals surface area (Å²) in [5, 5.41) is 2.71. The van der Waals surface area contributed by atoms with Crippen molar-refractivity contribution < 1.29 is 4.74 Å². The predicted molar refractivity (Wildman–Crippen MR) is 104 cm³/mol. The summed E-state index contributed by atoms with van der Waals surface area (Å²) < 4.78 is 6.63. The Morgan fingerprint density at radius 2 is 1.96 bits per heavy atom. The third kappa shape index (κ3) is 4.18. The van der Waals surface area contributed by atoms with Gasteiger partial charge in [-0.15, -0.1) is 11.8 Å². The Bertz CT molecular complexity index is 759. The molecule has 2 nitrogen and oxygen atoms in total. The molecule has 0 radical (unpaired) electrons. The minimum atomic E-state index is 0.309. The summed E-state index contributed by atoms with van der Waals surface area (Å²) in [6.07, 6.45) is 0. The smallest absolute Gasteiger partial charge is 0.152 e. The van der Waals surface area contributed by atoms with Gasteiger partial charge in [0.1, 0.15) is 6.61 Å². The number of hydrogen-bond donors (Lipinski definition) is 0. The van der Waals surface area contributed by atoms with Crippen molar-refractivity contribution >= 4 is 67.5 Å². The number of halogens is 4. The zero-order valence-corrected chi connectivity index (χ0v) is 16.5. The van der Waals surface area contributed by atoms with Crippen LogP contribution in [0.2, 0.25) is 15.1 Å². The fourth-order valence-corrected chi connectivity index (χ4v) is 4.39. The number of benzene rings is 2. The highest BCUT2D eigenvalue weighted by Gasteiger charge is 2.16. The minimum Gasteiger partial charge on any atom is -0.486 e. The Balaban J connectivity index is 1.80. The van der Waals surface area contributed by atoms with Crippen molar-refractivity contribution in [1.29, 1.82) is 0 Å². The number of ether oxygens (including phenoxy) is 1. The van der Waals surface area contributed by atoms with Gasteiger partial charge in [-0.25, -0.2) is 0 Å². The van der Waals surface area contributed by atoms with Gasteiger partial charge < -0.3 is 4.74 Å². The monoisotopic (exact) mass is 449 g/mol. The van der Waals surface area contributed by atoms with Crippen LogP contribution >= 0.6 is 62.5 Å². The summed E-state index contributed by atoms with van der Waals surface area (Å²) >= 11 is 23.7. The van der Waals surface area contributed by atoms with E-state index in [9.17, 15) is 0 Å². The summed E-state index contributed by atoms with van der Waals surface area (Å²) in [7, 11) is 0. The van der Waals surface area contributed by atoms with E-state index in [1.165, 1.54) is 0 Å². The molecule has 0 bridgehead atoms.